The van der Waals surface area contributed by atoms with Crippen LogP contribution in [0.3, 0.4) is 0 Å². The van der Waals surface area contributed by atoms with Crippen LogP contribution in [0.5, 0.6) is 11.5 Å². The van der Waals surface area contributed by atoms with Gasteiger partial charge in [0.1, 0.15) is 0 Å². The second-order valence-electron chi connectivity index (χ2n) is 4.20. The SMILES string of the molecule is CCCNC(CCOc1ccccc1OC)C(N)=O. The lowest BCUT2D eigenvalue weighted by atomic mass is 10.2. The summed E-state index contributed by atoms with van der Waals surface area (Å²) in [5, 5.41) is 3.10. The van der Waals surface area contributed by atoms with Gasteiger partial charge >= 0.3 is 0 Å². The average Bonchev–Trinajstić information content (AvgIpc) is 2.42. The zero-order chi connectivity index (χ0) is 14.1. The van der Waals surface area contributed by atoms with E-state index in [-0.39, 0.29) is 11.9 Å². The van der Waals surface area contributed by atoms with Gasteiger partial charge in [0.05, 0.1) is 19.8 Å². The van der Waals surface area contributed by atoms with E-state index in [9.17, 15) is 4.79 Å². The Labute approximate surface area is 114 Å². The largest absolute Gasteiger partial charge is 0.493 e. The Kier molecular flexibility index (Phi) is 6.74. The Bertz CT molecular complexity index is 396. The smallest absolute Gasteiger partial charge is 0.234 e. The summed E-state index contributed by atoms with van der Waals surface area (Å²) in [6.07, 6.45) is 1.49. The number of nitrogens with two attached hydrogens (primary N) is 1. The second-order valence-corrected chi connectivity index (χ2v) is 4.20. The van der Waals surface area contributed by atoms with Crippen LogP contribution in [0.15, 0.2) is 24.3 Å². The van der Waals surface area contributed by atoms with Crippen molar-refractivity contribution in [2.45, 2.75) is 25.8 Å². The van der Waals surface area contributed by atoms with E-state index < -0.39 is 0 Å². The number of carbonyl (C=O) groups excluding carboxylic acids is 1. The molecule has 0 saturated carbocycles. The molecule has 0 fully saturated rings. The van der Waals surface area contributed by atoms with Crippen LogP contribution in [-0.4, -0.2) is 32.2 Å². The fraction of sp³-hybridized carbons (Fsp3) is 0.500. The summed E-state index contributed by atoms with van der Waals surface area (Å²) in [6, 6.07) is 7.06. The van der Waals surface area contributed by atoms with Gasteiger partial charge in [0.2, 0.25) is 5.91 Å². The Hall–Kier alpha value is -1.75. The van der Waals surface area contributed by atoms with Crippen molar-refractivity contribution in [1.82, 2.24) is 5.32 Å². The maximum atomic E-state index is 11.3. The topological polar surface area (TPSA) is 73.6 Å². The molecule has 0 aliphatic heterocycles. The van der Waals surface area contributed by atoms with Crippen LogP contribution < -0.4 is 20.5 Å². The molecule has 0 aromatic heterocycles. The number of amides is 1. The second kappa shape index (κ2) is 8.37. The Morgan fingerprint density at radius 3 is 2.63 bits per heavy atom. The van der Waals surface area contributed by atoms with Crippen molar-refractivity contribution < 1.29 is 14.3 Å². The third-order valence-electron chi connectivity index (χ3n) is 2.72. The molecule has 1 unspecified atom stereocenters. The zero-order valence-corrected chi connectivity index (χ0v) is 11.5. The Morgan fingerprint density at radius 2 is 2.05 bits per heavy atom. The van der Waals surface area contributed by atoms with E-state index in [4.69, 9.17) is 15.2 Å². The van der Waals surface area contributed by atoms with Crippen LogP contribution in [0.4, 0.5) is 0 Å². The highest BCUT2D eigenvalue weighted by Crippen LogP contribution is 2.25. The van der Waals surface area contributed by atoms with Gasteiger partial charge < -0.3 is 20.5 Å². The summed E-state index contributed by atoms with van der Waals surface area (Å²) in [5.41, 5.74) is 5.33. The van der Waals surface area contributed by atoms with Crippen molar-refractivity contribution in [2.24, 2.45) is 5.73 Å². The fourth-order valence-electron chi connectivity index (χ4n) is 1.69. The minimum atomic E-state index is -0.352. The lowest BCUT2D eigenvalue weighted by Gasteiger charge is -2.16. The number of rotatable bonds is 9. The maximum Gasteiger partial charge on any atom is 0.234 e. The van der Waals surface area contributed by atoms with Crippen molar-refractivity contribution in [3.8, 4) is 11.5 Å². The monoisotopic (exact) mass is 266 g/mol. The Balaban J connectivity index is 2.45. The summed E-state index contributed by atoms with van der Waals surface area (Å²) < 4.78 is 10.8. The number of para-hydroxylation sites is 2. The summed E-state index contributed by atoms with van der Waals surface area (Å²) >= 11 is 0. The number of ether oxygens (including phenoxy) is 2. The molecule has 1 rings (SSSR count). The standard InChI is InChI=1S/C14H22N2O3/c1-3-9-16-11(14(15)17)8-10-19-13-7-5-4-6-12(13)18-2/h4-7,11,16H,3,8-10H2,1-2H3,(H2,15,17). The van der Waals surface area contributed by atoms with Gasteiger partial charge in [0.25, 0.3) is 0 Å². The molecule has 0 saturated heterocycles. The summed E-state index contributed by atoms with van der Waals surface area (Å²) in [7, 11) is 1.59. The van der Waals surface area contributed by atoms with Gasteiger partial charge in [-0.25, -0.2) is 0 Å². The van der Waals surface area contributed by atoms with E-state index in [1.165, 1.54) is 0 Å². The highest BCUT2D eigenvalue weighted by molar-refractivity contribution is 5.79. The summed E-state index contributed by atoms with van der Waals surface area (Å²) in [6.45, 7) is 3.21. The molecule has 0 aliphatic rings. The third-order valence-corrected chi connectivity index (χ3v) is 2.72. The first-order chi connectivity index (χ1) is 9.19. The fourth-order valence-corrected chi connectivity index (χ4v) is 1.69. The van der Waals surface area contributed by atoms with Gasteiger partial charge in [0, 0.05) is 6.42 Å². The first kappa shape index (κ1) is 15.3. The average molecular weight is 266 g/mol. The number of methoxy groups -OCH3 is 1. The molecule has 106 valence electrons. The number of benzene rings is 1. The molecule has 0 heterocycles. The number of carbonyl (C=O) groups is 1. The molecule has 0 spiro atoms. The number of primary amides is 1. The van der Waals surface area contributed by atoms with E-state index in [0.717, 1.165) is 13.0 Å². The third kappa shape index (κ3) is 5.18. The molecular formula is C14H22N2O3. The number of hydrogen-bond donors (Lipinski definition) is 2. The molecular weight excluding hydrogens is 244 g/mol. The van der Waals surface area contributed by atoms with E-state index in [1.54, 1.807) is 7.11 Å². The van der Waals surface area contributed by atoms with Crippen LogP contribution in [-0.2, 0) is 4.79 Å². The molecule has 19 heavy (non-hydrogen) atoms. The van der Waals surface area contributed by atoms with Crippen molar-refractivity contribution in [2.75, 3.05) is 20.3 Å². The van der Waals surface area contributed by atoms with Crippen LogP contribution >= 0.6 is 0 Å². The summed E-state index contributed by atoms with van der Waals surface area (Å²) in [5.74, 6) is 1.00. The minimum Gasteiger partial charge on any atom is -0.493 e. The first-order valence-corrected chi connectivity index (χ1v) is 6.47. The molecule has 0 aliphatic carbocycles. The van der Waals surface area contributed by atoms with E-state index in [1.807, 2.05) is 31.2 Å². The van der Waals surface area contributed by atoms with Crippen LogP contribution in [0.25, 0.3) is 0 Å². The van der Waals surface area contributed by atoms with Crippen molar-refractivity contribution in [3.05, 3.63) is 24.3 Å². The van der Waals surface area contributed by atoms with Crippen LogP contribution in [0.2, 0.25) is 0 Å². The zero-order valence-electron chi connectivity index (χ0n) is 11.5. The maximum absolute atomic E-state index is 11.3. The van der Waals surface area contributed by atoms with Gasteiger partial charge in [-0.15, -0.1) is 0 Å². The van der Waals surface area contributed by atoms with Crippen molar-refractivity contribution in [3.63, 3.8) is 0 Å². The molecule has 1 amide bonds. The van der Waals surface area contributed by atoms with Gasteiger partial charge in [-0.3, -0.25) is 4.79 Å². The van der Waals surface area contributed by atoms with Gasteiger partial charge in [-0.2, -0.15) is 0 Å². The van der Waals surface area contributed by atoms with Gasteiger partial charge in [-0.05, 0) is 25.1 Å². The molecule has 1 atom stereocenters. The lowest BCUT2D eigenvalue weighted by molar-refractivity contribution is -0.120. The number of nitrogens with one attached hydrogen (secondary N) is 1. The Morgan fingerprint density at radius 1 is 1.37 bits per heavy atom. The number of hydrogen-bond acceptors (Lipinski definition) is 4. The van der Waals surface area contributed by atoms with Crippen LogP contribution in [0.1, 0.15) is 19.8 Å². The molecule has 5 nitrogen and oxygen atoms in total. The predicted octanol–water partition coefficient (Wildman–Crippen LogP) is 1.32. The van der Waals surface area contributed by atoms with E-state index in [2.05, 4.69) is 5.32 Å². The molecule has 3 N–H and O–H groups in total. The first-order valence-electron chi connectivity index (χ1n) is 6.47. The van der Waals surface area contributed by atoms with Crippen LogP contribution in [0, 0.1) is 0 Å². The predicted molar refractivity (Wildman–Crippen MR) is 74.4 cm³/mol. The van der Waals surface area contributed by atoms with Crippen molar-refractivity contribution >= 4 is 5.91 Å². The highest BCUT2D eigenvalue weighted by Gasteiger charge is 2.14. The molecule has 0 bridgehead atoms. The quantitative estimate of drug-likeness (QED) is 0.707. The summed E-state index contributed by atoms with van der Waals surface area (Å²) in [4.78, 5) is 11.3. The van der Waals surface area contributed by atoms with E-state index >= 15 is 0 Å². The molecule has 0 radical (unpaired) electrons. The van der Waals surface area contributed by atoms with E-state index in [0.29, 0.717) is 24.5 Å². The molecule has 1 aromatic rings. The highest BCUT2D eigenvalue weighted by atomic mass is 16.5. The normalized spacial score (nSPS) is 11.9. The molecule has 1 aromatic carbocycles. The van der Waals surface area contributed by atoms with Crippen molar-refractivity contribution in [1.29, 1.82) is 0 Å². The lowest BCUT2D eigenvalue weighted by Crippen LogP contribution is -2.42. The van der Waals surface area contributed by atoms with Gasteiger partial charge in [-0.1, -0.05) is 19.1 Å². The molecule has 5 heteroatoms. The minimum absolute atomic E-state index is 0.350. The van der Waals surface area contributed by atoms with Gasteiger partial charge in [0.15, 0.2) is 11.5 Å².